The fraction of sp³-hybridized carbons (Fsp3) is 0.312. The molecule has 126 valence electrons. The molecule has 4 atom stereocenters. The molecule has 4 unspecified atom stereocenters. The number of carbonyl (C=O) groups is 3. The maximum absolute atomic E-state index is 12.3. The van der Waals surface area contributed by atoms with Crippen molar-refractivity contribution in [3.8, 4) is 0 Å². The first kappa shape index (κ1) is 20.0. The Morgan fingerprint density at radius 2 is 2.00 bits per heavy atom. The van der Waals surface area contributed by atoms with Crippen LogP contribution in [0.1, 0.15) is 11.6 Å². The number of hydrogen-bond acceptors (Lipinski definition) is 6. The Bertz CT molecular complexity index is 715. The zero-order valence-corrected chi connectivity index (χ0v) is 16.5. The first-order chi connectivity index (χ1) is 11.4. The Balaban J connectivity index is 0.00000225. The third-order valence-electron chi connectivity index (χ3n) is 4.15. The van der Waals surface area contributed by atoms with Gasteiger partial charge >= 0.3 is 29.6 Å². The average molecular weight is 369 g/mol. The number of aliphatic carboxylic acids is 1. The van der Waals surface area contributed by atoms with Crippen molar-refractivity contribution < 1.29 is 49.0 Å². The number of rotatable bonds is 4. The van der Waals surface area contributed by atoms with Crippen molar-refractivity contribution in [1.29, 1.82) is 0 Å². The molecule has 0 bridgehead atoms. The van der Waals surface area contributed by atoms with Crippen molar-refractivity contribution in [2.24, 2.45) is 5.73 Å². The number of carbonyl (C=O) groups excluding carboxylic acids is 3. The van der Waals surface area contributed by atoms with Crippen molar-refractivity contribution in [1.82, 2.24) is 10.2 Å². The Morgan fingerprint density at radius 3 is 2.60 bits per heavy atom. The van der Waals surface area contributed by atoms with E-state index in [2.05, 4.69) is 11.9 Å². The summed E-state index contributed by atoms with van der Waals surface area (Å²) in [6.07, 6.45) is 0. The number of carboxylic acid groups (broad SMARTS) is 1. The number of carboxylic acids is 1. The first-order valence-corrected chi connectivity index (χ1v) is 8.40. The molecule has 0 aliphatic carbocycles. The largest absolute Gasteiger partial charge is 1.00 e. The molecule has 0 aromatic heterocycles. The van der Waals surface area contributed by atoms with E-state index in [1.54, 1.807) is 24.3 Å². The van der Waals surface area contributed by atoms with Crippen LogP contribution in [-0.4, -0.2) is 45.9 Å². The second-order valence-electron chi connectivity index (χ2n) is 5.70. The molecule has 9 heteroatoms. The van der Waals surface area contributed by atoms with Gasteiger partial charge in [0.2, 0.25) is 11.8 Å². The predicted molar refractivity (Wildman–Crippen MR) is 86.3 cm³/mol. The smallest absolute Gasteiger partial charge is 0.548 e. The molecule has 0 spiro atoms. The molecule has 2 saturated heterocycles. The summed E-state index contributed by atoms with van der Waals surface area (Å²) >= 11 is 1.36. The van der Waals surface area contributed by atoms with E-state index in [0.717, 1.165) is 0 Å². The van der Waals surface area contributed by atoms with Crippen LogP contribution in [-0.2, 0) is 14.4 Å². The van der Waals surface area contributed by atoms with Crippen molar-refractivity contribution in [3.05, 3.63) is 48.0 Å². The quantitative estimate of drug-likeness (QED) is 0.316. The number of thioether (sulfide) groups is 1. The fourth-order valence-corrected chi connectivity index (χ4v) is 4.18. The standard InChI is InChI=1S/C16H17N3O4S.Na/c1-8-7-24-15-11(14(21)19(15)12(8)16(22)23)18-13(20)10(17)9-5-3-2-4-6-9;/h2-6,10-12,15H,1,7,17H2,(H,18,20)(H,22,23);/q;+1/p-1. The maximum atomic E-state index is 12.3. The number of fused-ring (bicyclic) bond motifs is 1. The third kappa shape index (κ3) is 3.63. The van der Waals surface area contributed by atoms with E-state index in [4.69, 9.17) is 5.73 Å². The molecule has 7 nitrogen and oxygen atoms in total. The minimum Gasteiger partial charge on any atom is -0.548 e. The molecule has 2 heterocycles. The second kappa shape index (κ2) is 7.92. The first-order valence-electron chi connectivity index (χ1n) is 7.35. The Labute approximate surface area is 171 Å². The molecular formula is C16H16N3NaO4S. The number of nitrogens with one attached hydrogen (secondary N) is 1. The summed E-state index contributed by atoms with van der Waals surface area (Å²) in [5.41, 5.74) is 6.96. The molecule has 3 rings (SSSR count). The SMILES string of the molecule is C=C1CSC2C(NC(=O)C(N)c3ccccc3)C(=O)N2C1C(=O)[O-].[Na+]. The van der Waals surface area contributed by atoms with Gasteiger partial charge in [0.15, 0.2) is 0 Å². The molecule has 1 aromatic rings. The Kier molecular flexibility index (Phi) is 6.34. The van der Waals surface area contributed by atoms with Crippen molar-refractivity contribution in [2.75, 3.05) is 5.75 Å². The van der Waals surface area contributed by atoms with Gasteiger partial charge in [0, 0.05) is 5.75 Å². The molecule has 2 amide bonds. The summed E-state index contributed by atoms with van der Waals surface area (Å²) in [4.78, 5) is 37.0. The molecule has 25 heavy (non-hydrogen) atoms. The zero-order chi connectivity index (χ0) is 17.4. The number of hydrogen-bond donors (Lipinski definition) is 2. The Morgan fingerprint density at radius 1 is 1.36 bits per heavy atom. The van der Waals surface area contributed by atoms with E-state index < -0.39 is 41.3 Å². The van der Waals surface area contributed by atoms with Gasteiger partial charge in [-0.25, -0.2) is 0 Å². The van der Waals surface area contributed by atoms with Gasteiger partial charge in [-0.15, -0.1) is 11.8 Å². The van der Waals surface area contributed by atoms with Gasteiger partial charge in [0.05, 0.1) is 12.0 Å². The van der Waals surface area contributed by atoms with Gasteiger partial charge in [0.25, 0.3) is 0 Å². The van der Waals surface area contributed by atoms with Crippen LogP contribution in [0.15, 0.2) is 42.5 Å². The molecule has 2 aliphatic heterocycles. The van der Waals surface area contributed by atoms with Crippen LogP contribution in [0, 0.1) is 0 Å². The summed E-state index contributed by atoms with van der Waals surface area (Å²) in [6.45, 7) is 3.68. The van der Waals surface area contributed by atoms with E-state index in [0.29, 0.717) is 16.9 Å². The summed E-state index contributed by atoms with van der Waals surface area (Å²) < 4.78 is 0. The number of β-lactam (4-membered cyclic amide) rings is 1. The summed E-state index contributed by atoms with van der Waals surface area (Å²) in [5.74, 6) is -1.90. The third-order valence-corrected chi connectivity index (χ3v) is 5.52. The maximum Gasteiger partial charge on any atom is 1.00 e. The monoisotopic (exact) mass is 369 g/mol. The van der Waals surface area contributed by atoms with Crippen molar-refractivity contribution in [3.63, 3.8) is 0 Å². The molecule has 2 fully saturated rings. The van der Waals surface area contributed by atoms with Crippen LogP contribution < -0.4 is 45.7 Å². The summed E-state index contributed by atoms with van der Waals surface area (Å²) in [7, 11) is 0. The van der Waals surface area contributed by atoms with Gasteiger partial charge in [0.1, 0.15) is 17.5 Å². The minimum atomic E-state index is -1.36. The molecule has 0 saturated carbocycles. The second-order valence-corrected chi connectivity index (χ2v) is 6.81. The number of amides is 2. The fourth-order valence-electron chi connectivity index (χ4n) is 2.87. The van der Waals surface area contributed by atoms with Gasteiger partial charge < -0.3 is 25.9 Å². The van der Waals surface area contributed by atoms with Crippen LogP contribution >= 0.6 is 11.8 Å². The van der Waals surface area contributed by atoms with Gasteiger partial charge in [-0.3, -0.25) is 9.59 Å². The number of nitrogens with two attached hydrogens (primary N) is 1. The minimum absolute atomic E-state index is 0. The van der Waals surface area contributed by atoms with E-state index in [1.807, 2.05) is 6.07 Å². The van der Waals surface area contributed by atoms with Crippen LogP contribution in [0.2, 0.25) is 0 Å². The van der Waals surface area contributed by atoms with Crippen LogP contribution in [0.5, 0.6) is 0 Å². The normalized spacial score (nSPS) is 26.0. The Hall–Kier alpha value is -1.32. The topological polar surface area (TPSA) is 116 Å². The molecule has 0 radical (unpaired) electrons. The molecule has 1 aromatic carbocycles. The molecule has 2 aliphatic rings. The molecule has 3 N–H and O–H groups in total. The van der Waals surface area contributed by atoms with Gasteiger partial charge in [-0.2, -0.15) is 0 Å². The summed E-state index contributed by atoms with van der Waals surface area (Å²) in [6, 6.07) is 5.99. The van der Waals surface area contributed by atoms with Crippen LogP contribution in [0.4, 0.5) is 0 Å². The van der Waals surface area contributed by atoms with Crippen LogP contribution in [0.25, 0.3) is 0 Å². The average Bonchev–Trinajstić information content (AvgIpc) is 2.59. The van der Waals surface area contributed by atoms with Gasteiger partial charge in [-0.05, 0) is 11.1 Å². The van der Waals surface area contributed by atoms with Crippen molar-refractivity contribution in [2.45, 2.75) is 23.5 Å². The predicted octanol–water partition coefficient (Wildman–Crippen LogP) is -4.23. The number of nitrogens with zero attached hydrogens (tertiary/aromatic N) is 1. The van der Waals surface area contributed by atoms with Gasteiger partial charge in [-0.1, -0.05) is 36.9 Å². The number of benzene rings is 1. The van der Waals surface area contributed by atoms with E-state index in [-0.39, 0.29) is 29.6 Å². The van der Waals surface area contributed by atoms with E-state index >= 15 is 0 Å². The van der Waals surface area contributed by atoms with Crippen molar-refractivity contribution >= 4 is 29.5 Å². The van der Waals surface area contributed by atoms with E-state index in [1.165, 1.54) is 16.7 Å². The summed E-state index contributed by atoms with van der Waals surface area (Å²) in [5, 5.41) is 13.4. The van der Waals surface area contributed by atoms with Crippen LogP contribution in [0.3, 0.4) is 0 Å². The van der Waals surface area contributed by atoms with E-state index in [9.17, 15) is 19.5 Å². The zero-order valence-electron chi connectivity index (χ0n) is 13.7. The molecular weight excluding hydrogens is 353 g/mol.